The fourth-order valence-electron chi connectivity index (χ4n) is 6.50. The minimum absolute atomic E-state index is 0.111. The third-order valence-corrected chi connectivity index (χ3v) is 9.71. The Morgan fingerprint density at radius 2 is 1.74 bits per heavy atom. The van der Waals surface area contributed by atoms with E-state index in [-0.39, 0.29) is 42.0 Å². The van der Waals surface area contributed by atoms with Crippen LogP contribution in [0.2, 0.25) is 0 Å². The lowest BCUT2D eigenvalue weighted by Crippen LogP contribution is -2.58. The van der Waals surface area contributed by atoms with Crippen molar-refractivity contribution in [1.29, 1.82) is 0 Å². The Hall–Kier alpha value is -4.25. The van der Waals surface area contributed by atoms with Crippen LogP contribution in [0.1, 0.15) is 61.5 Å². The molecule has 274 valence electrons. The third kappa shape index (κ3) is 9.10. The number of nitrogens with zero attached hydrogens (tertiary/aromatic N) is 4. The Bertz CT molecular complexity index is 1520. The Morgan fingerprint density at radius 1 is 1.04 bits per heavy atom. The van der Waals surface area contributed by atoms with Gasteiger partial charge in [0.25, 0.3) is 18.2 Å². The number of benzene rings is 1. The summed E-state index contributed by atoms with van der Waals surface area (Å²) >= 11 is 0. The molecule has 1 aromatic carbocycles. The summed E-state index contributed by atoms with van der Waals surface area (Å²) in [6.45, 7) is 4.02. The monoisotopic (exact) mass is 707 g/mol. The maximum Gasteiger partial charge on any atom is 0.289 e. The number of anilines is 1. The Balaban J connectivity index is 1.33. The minimum Gasteiger partial charge on any atom is -0.468 e. The molecule has 4 amide bonds. The zero-order valence-electron chi connectivity index (χ0n) is 28.5. The van der Waals surface area contributed by atoms with E-state index in [1.54, 1.807) is 17.9 Å². The number of rotatable bonds is 16. The number of piperazine rings is 1. The average molecular weight is 708 g/mol. The van der Waals surface area contributed by atoms with Gasteiger partial charge in [-0.15, -0.1) is 0 Å². The first-order valence-corrected chi connectivity index (χ1v) is 16.8. The van der Waals surface area contributed by atoms with Crippen LogP contribution in [-0.4, -0.2) is 115 Å². The fraction of sp³-hybridized carbons (Fsp3) is 0.636. The van der Waals surface area contributed by atoms with E-state index in [4.69, 9.17) is 9.47 Å². The molecule has 3 N–H and O–H groups in total. The van der Waals surface area contributed by atoms with Crippen LogP contribution in [0.25, 0.3) is 0 Å². The number of likely N-dealkylation sites (N-methyl/N-ethyl adjacent to an activating group) is 1. The Kier molecular flexibility index (Phi) is 12.0. The second-order valence-corrected chi connectivity index (χ2v) is 13.4. The molecular weight excluding hydrogens is 663 g/mol. The maximum atomic E-state index is 15.7. The van der Waals surface area contributed by atoms with Crippen molar-refractivity contribution in [3.05, 3.63) is 35.3 Å². The van der Waals surface area contributed by atoms with Crippen LogP contribution in [0.5, 0.6) is 5.88 Å². The zero-order chi connectivity index (χ0) is 36.1. The maximum absolute atomic E-state index is 15.7. The number of hydrogen-bond donors (Lipinski definition) is 3. The Labute approximate surface area is 287 Å². The van der Waals surface area contributed by atoms with E-state index in [9.17, 15) is 28.0 Å². The lowest BCUT2D eigenvalue weighted by atomic mass is 9.88. The standard InChI is InChI=1S/C33H44F3N7O7/c1-17-14-43(12-11-42(17)3)33(47)27(38-25(44)16-48-4)18(2)21-9-10-23(22(34)13-21)37-30(45)28(26(19-5-6-19)20-7-8-20)39-31(46)29-32(41-50-40-29)49-15-24(35)36/h9-10,13,17-20,24,26-28H,5-8,11-12,14-16H2,1-4H3,(H,37,45)(H,38,44)(H,39,46)/t17-,18+,27-,28+/m1/s1. The lowest BCUT2D eigenvalue weighted by Gasteiger charge is -2.40. The summed E-state index contributed by atoms with van der Waals surface area (Å²) in [6.07, 6.45) is 0.627. The highest BCUT2D eigenvalue weighted by Gasteiger charge is 2.49. The summed E-state index contributed by atoms with van der Waals surface area (Å²) in [6, 6.07) is 2.14. The summed E-state index contributed by atoms with van der Waals surface area (Å²) in [4.78, 5) is 57.2. The van der Waals surface area contributed by atoms with Crippen LogP contribution in [0, 0.1) is 23.6 Å². The smallest absolute Gasteiger partial charge is 0.289 e. The molecule has 1 aromatic heterocycles. The third-order valence-electron chi connectivity index (χ3n) is 9.71. The molecule has 3 fully saturated rings. The number of methoxy groups -OCH3 is 1. The van der Waals surface area contributed by atoms with Gasteiger partial charge in [-0.2, -0.15) is 0 Å². The first-order chi connectivity index (χ1) is 23.9. The van der Waals surface area contributed by atoms with Crippen molar-refractivity contribution in [1.82, 2.24) is 30.7 Å². The van der Waals surface area contributed by atoms with Crippen molar-refractivity contribution in [2.24, 2.45) is 17.8 Å². The fourth-order valence-corrected chi connectivity index (χ4v) is 6.50. The number of aromatic nitrogens is 2. The number of ether oxygens (including phenoxy) is 2. The van der Waals surface area contributed by atoms with Crippen LogP contribution in [0.4, 0.5) is 18.9 Å². The topological polar surface area (TPSA) is 168 Å². The number of amides is 4. The van der Waals surface area contributed by atoms with E-state index in [1.807, 2.05) is 14.0 Å². The highest BCUT2D eigenvalue weighted by molar-refractivity contribution is 6.01. The van der Waals surface area contributed by atoms with Gasteiger partial charge in [-0.05, 0) is 85.4 Å². The van der Waals surface area contributed by atoms with Crippen molar-refractivity contribution in [3.63, 3.8) is 0 Å². The number of nitrogens with one attached hydrogen (secondary N) is 3. The zero-order valence-corrected chi connectivity index (χ0v) is 28.5. The van der Waals surface area contributed by atoms with Gasteiger partial charge in [0.05, 0.1) is 5.69 Å². The molecule has 2 saturated carbocycles. The molecule has 17 heteroatoms. The van der Waals surface area contributed by atoms with Gasteiger partial charge in [-0.25, -0.2) is 17.8 Å². The summed E-state index contributed by atoms with van der Waals surface area (Å²) in [5.41, 5.74) is -0.239. The van der Waals surface area contributed by atoms with Crippen molar-refractivity contribution < 1.29 is 46.5 Å². The SMILES string of the molecule is COCC(=O)N[C@@H](C(=O)N1CCN(C)[C@H](C)C1)[C@@H](C)c1ccc(NC(=O)[C@@H](NC(=O)c2nonc2OCC(F)F)C(C2CC2)C2CC2)c(F)c1. The molecule has 1 saturated heterocycles. The van der Waals surface area contributed by atoms with Gasteiger partial charge in [-0.1, -0.05) is 13.0 Å². The van der Waals surface area contributed by atoms with Crippen LogP contribution in [0.15, 0.2) is 22.8 Å². The summed E-state index contributed by atoms with van der Waals surface area (Å²) < 4.78 is 55.5. The summed E-state index contributed by atoms with van der Waals surface area (Å²) in [7, 11) is 3.34. The van der Waals surface area contributed by atoms with E-state index in [1.165, 1.54) is 19.2 Å². The molecule has 5 rings (SSSR count). The van der Waals surface area contributed by atoms with Crippen LogP contribution in [-0.2, 0) is 19.1 Å². The van der Waals surface area contributed by atoms with Gasteiger partial charge in [-0.3, -0.25) is 19.2 Å². The van der Waals surface area contributed by atoms with Crippen molar-refractivity contribution in [2.75, 3.05) is 52.3 Å². The van der Waals surface area contributed by atoms with Gasteiger partial charge in [0.15, 0.2) is 6.61 Å². The number of carbonyl (C=O) groups is 4. The second kappa shape index (κ2) is 16.2. The largest absolute Gasteiger partial charge is 0.468 e. The normalized spacial score (nSPS) is 19.9. The van der Waals surface area contributed by atoms with Gasteiger partial charge < -0.3 is 35.2 Å². The summed E-state index contributed by atoms with van der Waals surface area (Å²) in [5, 5.41) is 14.9. The number of hydrogen-bond acceptors (Lipinski definition) is 10. The van der Waals surface area contributed by atoms with Gasteiger partial charge in [0.1, 0.15) is 24.5 Å². The highest BCUT2D eigenvalue weighted by Crippen LogP contribution is 2.51. The van der Waals surface area contributed by atoms with E-state index in [2.05, 4.69) is 35.8 Å². The molecule has 4 atom stereocenters. The molecule has 2 aliphatic carbocycles. The van der Waals surface area contributed by atoms with Crippen molar-refractivity contribution >= 4 is 29.3 Å². The van der Waals surface area contributed by atoms with Gasteiger partial charge in [0, 0.05) is 38.7 Å². The van der Waals surface area contributed by atoms with Gasteiger partial charge in [0.2, 0.25) is 23.4 Å². The Morgan fingerprint density at radius 3 is 2.34 bits per heavy atom. The van der Waals surface area contributed by atoms with Crippen molar-refractivity contribution in [2.45, 2.75) is 70.0 Å². The molecule has 2 heterocycles. The molecule has 14 nitrogen and oxygen atoms in total. The molecule has 2 aromatic rings. The number of halogens is 3. The van der Waals surface area contributed by atoms with Crippen LogP contribution < -0.4 is 20.7 Å². The van der Waals surface area contributed by atoms with Crippen LogP contribution >= 0.6 is 0 Å². The first-order valence-electron chi connectivity index (χ1n) is 16.8. The molecule has 3 aliphatic rings. The molecule has 1 aliphatic heterocycles. The van der Waals surface area contributed by atoms with E-state index < -0.39 is 66.1 Å². The summed E-state index contributed by atoms with van der Waals surface area (Å²) in [5.74, 6) is -4.25. The molecule has 0 radical (unpaired) electrons. The average Bonchev–Trinajstić information content (AvgIpc) is 4.03. The molecular formula is C33H44F3N7O7. The van der Waals surface area contributed by atoms with E-state index >= 15 is 4.39 Å². The minimum atomic E-state index is -2.83. The highest BCUT2D eigenvalue weighted by atomic mass is 19.3. The van der Waals surface area contributed by atoms with Gasteiger partial charge >= 0.3 is 0 Å². The number of carbonyl (C=O) groups excluding carboxylic acids is 4. The van der Waals surface area contributed by atoms with E-state index in [0.717, 1.165) is 25.7 Å². The molecule has 0 bridgehead atoms. The lowest BCUT2D eigenvalue weighted by molar-refractivity contribution is -0.140. The molecule has 0 spiro atoms. The second-order valence-electron chi connectivity index (χ2n) is 13.4. The molecule has 0 unspecified atom stereocenters. The first kappa shape index (κ1) is 37.0. The molecule has 50 heavy (non-hydrogen) atoms. The predicted molar refractivity (Wildman–Crippen MR) is 172 cm³/mol. The number of alkyl halides is 2. The van der Waals surface area contributed by atoms with Crippen LogP contribution in [0.3, 0.4) is 0 Å². The van der Waals surface area contributed by atoms with E-state index in [0.29, 0.717) is 25.2 Å². The quantitative estimate of drug-likeness (QED) is 0.236. The predicted octanol–water partition coefficient (Wildman–Crippen LogP) is 2.42. The van der Waals surface area contributed by atoms with Crippen molar-refractivity contribution in [3.8, 4) is 5.88 Å².